The lowest BCUT2D eigenvalue weighted by molar-refractivity contribution is 0.0651. The number of aromatic nitrogens is 6. The Morgan fingerprint density at radius 2 is 2.00 bits per heavy atom. The summed E-state index contributed by atoms with van der Waals surface area (Å²) in [6, 6.07) is 3.75. The van der Waals surface area contributed by atoms with Crippen molar-refractivity contribution in [3.8, 4) is 11.7 Å². The van der Waals surface area contributed by atoms with Crippen LogP contribution >= 0.6 is 0 Å². The van der Waals surface area contributed by atoms with Crippen molar-refractivity contribution in [1.29, 1.82) is 0 Å². The Bertz CT molecular complexity index is 1100. The molecule has 4 heterocycles. The van der Waals surface area contributed by atoms with Crippen LogP contribution in [0.4, 0.5) is 0 Å². The fourth-order valence-corrected chi connectivity index (χ4v) is 3.55. The molecule has 1 amide bonds. The molecule has 0 saturated carbocycles. The fraction of sp³-hybridized carbons (Fsp3) is 0.400. The maximum atomic E-state index is 12.5. The highest BCUT2D eigenvalue weighted by molar-refractivity contribution is 5.91. The maximum Gasteiger partial charge on any atom is 0.279 e. The van der Waals surface area contributed by atoms with E-state index >= 15 is 0 Å². The molecule has 0 spiro atoms. The van der Waals surface area contributed by atoms with Gasteiger partial charge in [-0.2, -0.15) is 5.10 Å². The van der Waals surface area contributed by atoms with Crippen LogP contribution in [0.1, 0.15) is 34.7 Å². The number of ether oxygens (including phenoxy) is 1. The fourth-order valence-electron chi connectivity index (χ4n) is 3.55. The van der Waals surface area contributed by atoms with Crippen molar-refractivity contribution in [1.82, 2.24) is 34.6 Å². The van der Waals surface area contributed by atoms with Crippen LogP contribution in [-0.2, 0) is 0 Å². The smallest absolute Gasteiger partial charge is 0.279 e. The molecule has 0 bridgehead atoms. The van der Waals surface area contributed by atoms with E-state index in [1.807, 2.05) is 19.9 Å². The third-order valence-corrected chi connectivity index (χ3v) is 5.13. The van der Waals surface area contributed by atoms with Crippen molar-refractivity contribution in [2.24, 2.45) is 5.92 Å². The summed E-state index contributed by atoms with van der Waals surface area (Å²) in [5.74, 6) is 1.11. The minimum Gasteiger partial charge on any atom is -0.477 e. The van der Waals surface area contributed by atoms with E-state index in [2.05, 4.69) is 25.0 Å². The van der Waals surface area contributed by atoms with Gasteiger partial charge in [0, 0.05) is 37.2 Å². The van der Waals surface area contributed by atoms with Gasteiger partial charge in [-0.25, -0.2) is 19.6 Å². The lowest BCUT2D eigenvalue weighted by Gasteiger charge is -2.31. The number of aryl methyl sites for hydroxylation is 2. The number of carbonyl (C=O) groups is 1. The molecule has 1 N–H and O–H groups in total. The Hall–Kier alpha value is -3.56. The van der Waals surface area contributed by atoms with Crippen molar-refractivity contribution < 1.29 is 9.53 Å². The van der Waals surface area contributed by atoms with Gasteiger partial charge >= 0.3 is 0 Å². The van der Waals surface area contributed by atoms with E-state index in [1.165, 1.54) is 18.7 Å². The molecule has 10 heteroatoms. The number of piperidine rings is 1. The Morgan fingerprint density at radius 1 is 1.20 bits per heavy atom. The zero-order chi connectivity index (χ0) is 21.1. The first-order valence-electron chi connectivity index (χ1n) is 9.82. The van der Waals surface area contributed by atoms with E-state index in [9.17, 15) is 9.59 Å². The van der Waals surface area contributed by atoms with E-state index in [1.54, 1.807) is 15.6 Å². The number of nitrogens with one attached hydrogen (secondary N) is 1. The van der Waals surface area contributed by atoms with Crippen molar-refractivity contribution in [2.45, 2.75) is 26.7 Å². The summed E-state index contributed by atoms with van der Waals surface area (Å²) in [6.45, 7) is 5.52. The summed E-state index contributed by atoms with van der Waals surface area (Å²) >= 11 is 0. The van der Waals surface area contributed by atoms with Gasteiger partial charge in [-0.3, -0.25) is 9.59 Å². The van der Waals surface area contributed by atoms with Crippen LogP contribution in [0.15, 0.2) is 35.6 Å². The molecule has 1 saturated heterocycles. The highest BCUT2D eigenvalue weighted by Crippen LogP contribution is 2.20. The predicted molar refractivity (Wildman–Crippen MR) is 108 cm³/mol. The second-order valence-corrected chi connectivity index (χ2v) is 7.37. The Kier molecular flexibility index (Phi) is 5.55. The topological polar surface area (TPSA) is 119 Å². The second kappa shape index (κ2) is 8.44. The third-order valence-electron chi connectivity index (χ3n) is 5.13. The highest BCUT2D eigenvalue weighted by atomic mass is 16.5. The molecule has 0 radical (unpaired) electrons. The standard InChI is InChI=1S/C20H23N7O3/c1-13-9-14(2)27(25-13)16-10-17(24-12-23-16)30-11-15-3-7-26(8-4-15)20(29)18-19(28)22-6-5-21-18/h5-6,9-10,12,15H,3-4,7-8,11H2,1-2H3,(H,22,28). The molecule has 3 aromatic heterocycles. The lowest BCUT2D eigenvalue weighted by Crippen LogP contribution is -2.42. The summed E-state index contributed by atoms with van der Waals surface area (Å²) in [4.78, 5) is 40.8. The Labute approximate surface area is 173 Å². The maximum absolute atomic E-state index is 12.5. The quantitative estimate of drug-likeness (QED) is 0.674. The summed E-state index contributed by atoms with van der Waals surface area (Å²) in [5, 5.41) is 4.43. The number of hydrogen-bond acceptors (Lipinski definition) is 7. The minimum absolute atomic E-state index is 0.0649. The average molecular weight is 409 g/mol. The summed E-state index contributed by atoms with van der Waals surface area (Å²) in [5.41, 5.74) is 1.38. The van der Waals surface area contributed by atoms with Gasteiger partial charge in [0.05, 0.1) is 12.3 Å². The van der Waals surface area contributed by atoms with Crippen molar-refractivity contribution in [3.63, 3.8) is 0 Å². The average Bonchev–Trinajstić information content (AvgIpc) is 3.11. The van der Waals surface area contributed by atoms with Gasteiger partial charge in [0.2, 0.25) is 5.88 Å². The van der Waals surface area contributed by atoms with Crippen LogP contribution in [-0.4, -0.2) is 60.2 Å². The number of nitrogens with zero attached hydrogens (tertiary/aromatic N) is 6. The molecular weight excluding hydrogens is 386 g/mol. The second-order valence-electron chi connectivity index (χ2n) is 7.37. The molecule has 1 fully saturated rings. The SMILES string of the molecule is Cc1cc(C)n(-c2cc(OCC3CCN(C(=O)c4ncc[nH]c4=O)CC3)ncn2)n1. The van der Waals surface area contributed by atoms with E-state index < -0.39 is 5.56 Å². The Balaban J connectivity index is 1.33. The summed E-state index contributed by atoms with van der Waals surface area (Å²) in [6.07, 6.45) is 5.86. The van der Waals surface area contributed by atoms with Crippen molar-refractivity contribution in [3.05, 3.63) is 58.3 Å². The van der Waals surface area contributed by atoms with Gasteiger partial charge < -0.3 is 14.6 Å². The highest BCUT2D eigenvalue weighted by Gasteiger charge is 2.26. The largest absolute Gasteiger partial charge is 0.477 e. The van der Waals surface area contributed by atoms with Crippen LogP contribution in [0.25, 0.3) is 5.82 Å². The molecule has 0 aliphatic carbocycles. The number of carbonyl (C=O) groups excluding carboxylic acids is 1. The van der Waals surface area contributed by atoms with Crippen LogP contribution in [0.3, 0.4) is 0 Å². The van der Waals surface area contributed by atoms with Crippen LogP contribution in [0, 0.1) is 19.8 Å². The number of rotatable bonds is 5. The van der Waals surface area contributed by atoms with E-state index in [-0.39, 0.29) is 11.6 Å². The first kappa shape index (κ1) is 19.7. The number of aromatic amines is 1. The third kappa shape index (κ3) is 4.22. The van der Waals surface area contributed by atoms with E-state index in [0.29, 0.717) is 37.3 Å². The lowest BCUT2D eigenvalue weighted by atomic mass is 9.97. The molecule has 156 valence electrons. The van der Waals surface area contributed by atoms with Gasteiger partial charge in [0.1, 0.15) is 6.33 Å². The van der Waals surface area contributed by atoms with Crippen molar-refractivity contribution in [2.75, 3.05) is 19.7 Å². The first-order valence-corrected chi connectivity index (χ1v) is 9.82. The number of likely N-dealkylation sites (tertiary alicyclic amines) is 1. The first-order chi connectivity index (χ1) is 14.5. The molecule has 0 aromatic carbocycles. The summed E-state index contributed by atoms with van der Waals surface area (Å²) in [7, 11) is 0. The predicted octanol–water partition coefficient (Wildman–Crippen LogP) is 1.29. The molecule has 0 atom stereocenters. The number of H-pyrrole nitrogens is 1. The van der Waals surface area contributed by atoms with Gasteiger partial charge in [0.25, 0.3) is 11.5 Å². The molecule has 0 unspecified atom stereocenters. The van der Waals surface area contributed by atoms with Crippen LogP contribution in [0.2, 0.25) is 0 Å². The zero-order valence-electron chi connectivity index (χ0n) is 16.9. The molecular formula is C20H23N7O3. The van der Waals surface area contributed by atoms with Gasteiger partial charge in [-0.1, -0.05) is 0 Å². The normalized spacial score (nSPS) is 14.7. The van der Waals surface area contributed by atoms with Crippen LogP contribution in [0.5, 0.6) is 5.88 Å². The molecule has 1 aliphatic rings. The van der Waals surface area contributed by atoms with Gasteiger partial charge in [-0.05, 0) is 38.7 Å². The Morgan fingerprint density at radius 3 is 2.70 bits per heavy atom. The van der Waals surface area contributed by atoms with E-state index in [4.69, 9.17) is 4.74 Å². The van der Waals surface area contributed by atoms with E-state index in [0.717, 1.165) is 24.2 Å². The zero-order valence-corrected chi connectivity index (χ0v) is 16.9. The minimum atomic E-state index is -0.463. The number of amides is 1. The molecule has 1 aliphatic heterocycles. The molecule has 30 heavy (non-hydrogen) atoms. The van der Waals surface area contributed by atoms with Gasteiger partial charge in [-0.15, -0.1) is 0 Å². The molecule has 10 nitrogen and oxygen atoms in total. The van der Waals surface area contributed by atoms with Crippen LogP contribution < -0.4 is 10.3 Å². The molecule has 3 aromatic rings. The number of hydrogen-bond donors (Lipinski definition) is 1. The van der Waals surface area contributed by atoms with Crippen molar-refractivity contribution >= 4 is 5.91 Å². The summed E-state index contributed by atoms with van der Waals surface area (Å²) < 4.78 is 7.65. The monoisotopic (exact) mass is 409 g/mol. The molecule has 4 rings (SSSR count). The van der Waals surface area contributed by atoms with Gasteiger partial charge in [0.15, 0.2) is 11.5 Å².